The van der Waals surface area contributed by atoms with Crippen LogP contribution in [0.3, 0.4) is 0 Å². The van der Waals surface area contributed by atoms with Crippen LogP contribution < -0.4 is 0 Å². The Labute approximate surface area is 195 Å². The Hall–Kier alpha value is -0.199. The molecule has 2 aromatic rings. The van der Waals surface area contributed by atoms with E-state index < -0.39 is 21.6 Å². The Morgan fingerprint density at radius 1 is 0.692 bits per heavy atom. The fourth-order valence-electron chi connectivity index (χ4n) is 1.98. The zero-order chi connectivity index (χ0) is 19.1. The summed E-state index contributed by atoms with van der Waals surface area (Å²) < 4.78 is 34.1. The molecule has 26 heavy (non-hydrogen) atoms. The fourth-order valence-corrected chi connectivity index (χ4v) is 1.98. The number of benzene rings is 2. The SMILES string of the molecule is CC(C)(OOC(C)(C)c1ccccc1)c1ccccc1.O=S(=O)([O-])[O-].[Ba+2]. The molecule has 0 unspecified atom stereocenters. The summed E-state index contributed by atoms with van der Waals surface area (Å²) in [6, 6.07) is 20.2. The van der Waals surface area contributed by atoms with Crippen LogP contribution in [0.25, 0.3) is 0 Å². The van der Waals surface area contributed by atoms with E-state index in [1.165, 1.54) is 0 Å². The third kappa shape index (κ3) is 10.2. The summed E-state index contributed by atoms with van der Waals surface area (Å²) in [7, 11) is -5.17. The first-order chi connectivity index (χ1) is 11.4. The minimum absolute atomic E-state index is 0. The molecule has 0 amide bonds. The summed E-state index contributed by atoms with van der Waals surface area (Å²) >= 11 is 0. The molecule has 0 heterocycles. The molecule has 0 spiro atoms. The van der Waals surface area contributed by atoms with Gasteiger partial charge in [0.25, 0.3) is 0 Å². The normalized spacial score (nSPS) is 11.8. The third-order valence-corrected chi connectivity index (χ3v) is 3.40. The molecule has 0 saturated heterocycles. The van der Waals surface area contributed by atoms with Crippen LogP contribution in [0.1, 0.15) is 38.8 Å². The van der Waals surface area contributed by atoms with Gasteiger partial charge in [-0.1, -0.05) is 60.7 Å². The van der Waals surface area contributed by atoms with Gasteiger partial charge in [0.15, 0.2) is 0 Å². The van der Waals surface area contributed by atoms with Crippen LogP contribution in [0.2, 0.25) is 0 Å². The van der Waals surface area contributed by atoms with Crippen molar-refractivity contribution in [2.75, 3.05) is 0 Å². The van der Waals surface area contributed by atoms with Crippen molar-refractivity contribution in [1.82, 2.24) is 0 Å². The van der Waals surface area contributed by atoms with Crippen molar-refractivity contribution in [2.24, 2.45) is 0 Å². The average molecular weight is 504 g/mol. The van der Waals surface area contributed by atoms with E-state index in [2.05, 4.69) is 0 Å². The molecular weight excluding hydrogens is 482 g/mol. The second kappa shape index (κ2) is 11.0. The Morgan fingerprint density at radius 3 is 1.15 bits per heavy atom. The fraction of sp³-hybridized carbons (Fsp3) is 0.333. The van der Waals surface area contributed by atoms with Crippen LogP contribution in [0.5, 0.6) is 0 Å². The van der Waals surface area contributed by atoms with E-state index >= 15 is 0 Å². The van der Waals surface area contributed by atoms with Crippen molar-refractivity contribution in [2.45, 2.75) is 38.9 Å². The summed E-state index contributed by atoms with van der Waals surface area (Å²) in [5, 5.41) is 0. The molecule has 0 radical (unpaired) electrons. The summed E-state index contributed by atoms with van der Waals surface area (Å²) in [6.45, 7) is 8.01. The van der Waals surface area contributed by atoms with Crippen LogP contribution >= 0.6 is 0 Å². The molecule has 0 bridgehead atoms. The van der Waals surface area contributed by atoms with Crippen LogP contribution in [-0.2, 0) is 31.4 Å². The van der Waals surface area contributed by atoms with Gasteiger partial charge in [0, 0.05) is 10.4 Å². The quantitative estimate of drug-likeness (QED) is 0.204. The van der Waals surface area contributed by atoms with E-state index in [9.17, 15) is 0 Å². The van der Waals surface area contributed by atoms with E-state index in [-0.39, 0.29) is 48.9 Å². The maximum Gasteiger partial charge on any atom is 2.00 e. The van der Waals surface area contributed by atoms with Crippen molar-refractivity contribution in [1.29, 1.82) is 0 Å². The van der Waals surface area contributed by atoms with Gasteiger partial charge in [-0.2, -0.15) is 0 Å². The maximum absolute atomic E-state index is 8.52. The second-order valence-electron chi connectivity index (χ2n) is 6.33. The molecule has 0 atom stereocenters. The second-order valence-corrected chi connectivity index (χ2v) is 7.14. The van der Waals surface area contributed by atoms with Gasteiger partial charge in [0.2, 0.25) is 0 Å². The van der Waals surface area contributed by atoms with Gasteiger partial charge in [-0.15, -0.1) is 0 Å². The standard InChI is InChI=1S/C18H22O2.Ba.H2O4S/c1-17(2,15-11-7-5-8-12-15)19-20-18(3,4)16-13-9-6-10-14-16;;1-5(2,3)4/h5-14H,1-4H3;;(H2,1,2,3,4)/q;+2;/p-2. The van der Waals surface area contributed by atoms with Gasteiger partial charge in [-0.3, -0.25) is 8.42 Å². The van der Waals surface area contributed by atoms with Crippen LogP contribution in [0.4, 0.5) is 0 Å². The van der Waals surface area contributed by atoms with Gasteiger partial charge in [0.1, 0.15) is 11.2 Å². The monoisotopic (exact) mass is 504 g/mol. The minimum Gasteiger partial charge on any atom is -0.759 e. The molecule has 0 aromatic heterocycles. The molecule has 0 aliphatic carbocycles. The van der Waals surface area contributed by atoms with Gasteiger partial charge in [-0.05, 0) is 38.8 Å². The average Bonchev–Trinajstić information content (AvgIpc) is 2.53. The first kappa shape index (κ1) is 25.8. The molecule has 0 saturated carbocycles. The molecule has 0 fully saturated rings. The summed E-state index contributed by atoms with van der Waals surface area (Å²) in [6.07, 6.45) is 0. The first-order valence-electron chi connectivity index (χ1n) is 7.56. The van der Waals surface area contributed by atoms with Crippen LogP contribution in [-0.4, -0.2) is 66.4 Å². The smallest absolute Gasteiger partial charge is 0.759 e. The molecule has 2 rings (SSSR count). The Morgan fingerprint density at radius 2 is 0.923 bits per heavy atom. The van der Waals surface area contributed by atoms with E-state index in [1.54, 1.807) is 0 Å². The summed E-state index contributed by atoms with van der Waals surface area (Å²) in [4.78, 5) is 11.5. The zero-order valence-electron chi connectivity index (χ0n) is 15.3. The van der Waals surface area contributed by atoms with E-state index in [0.717, 1.165) is 11.1 Å². The largest absolute Gasteiger partial charge is 2.00 e. The first-order valence-corrected chi connectivity index (χ1v) is 8.90. The van der Waals surface area contributed by atoms with Crippen LogP contribution in [0, 0.1) is 0 Å². The number of hydrogen-bond acceptors (Lipinski definition) is 6. The Bertz CT molecular complexity index is 686. The predicted molar refractivity (Wildman–Crippen MR) is 97.3 cm³/mol. The molecule has 0 N–H and O–H groups in total. The van der Waals surface area contributed by atoms with Gasteiger partial charge >= 0.3 is 48.9 Å². The molecule has 2 aromatic carbocycles. The molecule has 0 aliphatic heterocycles. The molecular formula is C18H22BaO6S. The summed E-state index contributed by atoms with van der Waals surface area (Å²) in [5.41, 5.74) is 1.19. The molecule has 138 valence electrons. The topological polar surface area (TPSA) is 98.7 Å². The number of rotatable bonds is 5. The van der Waals surface area contributed by atoms with Crippen molar-refractivity contribution in [3.63, 3.8) is 0 Å². The molecule has 6 nitrogen and oxygen atoms in total. The van der Waals surface area contributed by atoms with Crippen molar-refractivity contribution >= 4 is 59.3 Å². The Kier molecular flexibility index (Phi) is 10.9. The molecule has 0 aliphatic rings. The van der Waals surface area contributed by atoms with Gasteiger partial charge < -0.3 is 9.11 Å². The third-order valence-electron chi connectivity index (χ3n) is 3.40. The molecule has 8 heteroatoms. The van der Waals surface area contributed by atoms with E-state index in [1.807, 2.05) is 88.4 Å². The van der Waals surface area contributed by atoms with E-state index in [0.29, 0.717) is 0 Å². The maximum atomic E-state index is 8.52. The van der Waals surface area contributed by atoms with E-state index in [4.69, 9.17) is 27.3 Å². The van der Waals surface area contributed by atoms with Gasteiger partial charge in [-0.25, -0.2) is 9.78 Å². The Balaban J connectivity index is 0.000000923. The predicted octanol–water partition coefficient (Wildman–Crippen LogP) is 3.09. The minimum atomic E-state index is -5.17. The summed E-state index contributed by atoms with van der Waals surface area (Å²) in [5.74, 6) is 0. The number of hydrogen-bond donors (Lipinski definition) is 0. The van der Waals surface area contributed by atoms with Crippen LogP contribution in [0.15, 0.2) is 60.7 Å². The van der Waals surface area contributed by atoms with Gasteiger partial charge in [0.05, 0.1) is 0 Å². The van der Waals surface area contributed by atoms with Crippen molar-refractivity contribution in [3.05, 3.63) is 71.8 Å². The zero-order valence-corrected chi connectivity index (χ0v) is 20.6. The van der Waals surface area contributed by atoms with Crippen molar-refractivity contribution in [3.8, 4) is 0 Å². The van der Waals surface area contributed by atoms with Crippen molar-refractivity contribution < 1.29 is 27.3 Å².